The SMILES string of the molecule is CC(C)c1ccc(C(=O)COC(=O)c2cc(=O)c3ccccc3o2)cc1. The Morgan fingerprint density at radius 3 is 2.42 bits per heavy atom. The summed E-state index contributed by atoms with van der Waals surface area (Å²) >= 11 is 0. The number of carbonyl (C=O) groups excluding carboxylic acids is 2. The van der Waals surface area contributed by atoms with Gasteiger partial charge in [-0.3, -0.25) is 9.59 Å². The Morgan fingerprint density at radius 1 is 1.04 bits per heavy atom. The van der Waals surface area contributed by atoms with E-state index in [-0.39, 0.29) is 17.0 Å². The highest BCUT2D eigenvalue weighted by Gasteiger charge is 2.16. The molecule has 0 atom stereocenters. The van der Waals surface area contributed by atoms with E-state index < -0.39 is 12.6 Å². The number of para-hydroxylation sites is 1. The summed E-state index contributed by atoms with van der Waals surface area (Å²) in [6.45, 7) is 3.71. The molecular formula is C21H18O5. The number of benzene rings is 2. The zero-order valence-electron chi connectivity index (χ0n) is 14.5. The molecule has 0 aliphatic rings. The predicted octanol–water partition coefficient (Wildman–Crippen LogP) is 3.96. The smallest absolute Gasteiger partial charge is 0.374 e. The molecule has 5 heteroatoms. The molecule has 0 bridgehead atoms. The normalized spacial score (nSPS) is 10.9. The van der Waals surface area contributed by atoms with Gasteiger partial charge in [-0.25, -0.2) is 4.79 Å². The molecule has 0 fully saturated rings. The summed E-state index contributed by atoms with van der Waals surface area (Å²) in [7, 11) is 0. The van der Waals surface area contributed by atoms with Gasteiger partial charge in [-0.2, -0.15) is 0 Å². The molecule has 0 N–H and O–H groups in total. The first-order valence-corrected chi connectivity index (χ1v) is 8.29. The number of esters is 1. The monoisotopic (exact) mass is 350 g/mol. The van der Waals surface area contributed by atoms with Gasteiger partial charge in [0.05, 0.1) is 5.39 Å². The molecule has 26 heavy (non-hydrogen) atoms. The summed E-state index contributed by atoms with van der Waals surface area (Å²) in [6, 6.07) is 14.9. The average molecular weight is 350 g/mol. The number of ether oxygens (including phenoxy) is 1. The van der Waals surface area contributed by atoms with Gasteiger partial charge < -0.3 is 9.15 Å². The third kappa shape index (κ3) is 3.72. The van der Waals surface area contributed by atoms with E-state index in [0.29, 0.717) is 22.5 Å². The summed E-state index contributed by atoms with van der Waals surface area (Å²) in [5.41, 5.74) is 1.54. The second kappa shape index (κ2) is 7.35. The van der Waals surface area contributed by atoms with Crippen molar-refractivity contribution in [3.63, 3.8) is 0 Å². The highest BCUT2D eigenvalue weighted by Crippen LogP contribution is 2.16. The largest absolute Gasteiger partial charge is 0.451 e. The van der Waals surface area contributed by atoms with E-state index in [4.69, 9.17) is 9.15 Å². The maximum atomic E-state index is 12.2. The molecule has 0 radical (unpaired) electrons. The lowest BCUT2D eigenvalue weighted by atomic mass is 10.0. The van der Waals surface area contributed by atoms with E-state index in [1.165, 1.54) is 0 Å². The van der Waals surface area contributed by atoms with Gasteiger partial charge in [-0.1, -0.05) is 50.2 Å². The topological polar surface area (TPSA) is 73.6 Å². The van der Waals surface area contributed by atoms with E-state index >= 15 is 0 Å². The Hall–Kier alpha value is -3.21. The van der Waals surface area contributed by atoms with Crippen molar-refractivity contribution in [2.75, 3.05) is 6.61 Å². The minimum atomic E-state index is -0.847. The minimum absolute atomic E-state index is 0.225. The molecule has 1 aromatic heterocycles. The Labute approximate surface area is 150 Å². The Balaban J connectivity index is 1.70. The molecular weight excluding hydrogens is 332 g/mol. The van der Waals surface area contributed by atoms with Gasteiger partial charge in [-0.15, -0.1) is 0 Å². The van der Waals surface area contributed by atoms with E-state index in [1.54, 1.807) is 36.4 Å². The van der Waals surface area contributed by atoms with Crippen LogP contribution in [-0.2, 0) is 4.74 Å². The lowest BCUT2D eigenvalue weighted by molar-refractivity contribution is 0.0444. The quantitative estimate of drug-likeness (QED) is 0.514. The Kier molecular flexibility index (Phi) is 4.98. The van der Waals surface area contributed by atoms with Gasteiger partial charge in [0, 0.05) is 11.6 Å². The molecule has 132 valence electrons. The molecule has 0 saturated carbocycles. The van der Waals surface area contributed by atoms with Crippen LogP contribution in [0.3, 0.4) is 0 Å². The number of Topliss-reactive ketones (excluding diaryl/α,β-unsaturated/α-hetero) is 1. The number of fused-ring (bicyclic) bond motifs is 1. The molecule has 0 aliphatic heterocycles. The van der Waals surface area contributed by atoms with E-state index in [2.05, 4.69) is 13.8 Å². The summed E-state index contributed by atoms with van der Waals surface area (Å²) in [5, 5.41) is 0.380. The molecule has 2 aromatic carbocycles. The summed E-state index contributed by atoms with van der Waals surface area (Å²) in [5.74, 6) is -1.03. The lowest BCUT2D eigenvalue weighted by Gasteiger charge is -2.07. The van der Waals surface area contributed by atoms with Crippen molar-refractivity contribution < 1.29 is 18.7 Å². The van der Waals surface area contributed by atoms with Crippen LogP contribution in [0.1, 0.15) is 46.2 Å². The van der Waals surface area contributed by atoms with Crippen molar-refractivity contribution in [3.05, 3.63) is 81.7 Å². The fraction of sp³-hybridized carbons (Fsp3) is 0.190. The highest BCUT2D eigenvalue weighted by atomic mass is 16.5. The molecule has 5 nitrogen and oxygen atoms in total. The fourth-order valence-corrected chi connectivity index (χ4v) is 2.54. The summed E-state index contributed by atoms with van der Waals surface area (Å²) in [6.07, 6.45) is 0. The van der Waals surface area contributed by atoms with Crippen LogP contribution >= 0.6 is 0 Å². The molecule has 0 amide bonds. The van der Waals surface area contributed by atoms with Crippen molar-refractivity contribution in [1.82, 2.24) is 0 Å². The fourth-order valence-electron chi connectivity index (χ4n) is 2.54. The molecule has 0 aliphatic carbocycles. The van der Waals surface area contributed by atoms with Gasteiger partial charge in [0.1, 0.15) is 5.58 Å². The van der Waals surface area contributed by atoms with Gasteiger partial charge in [0.2, 0.25) is 5.76 Å². The van der Waals surface area contributed by atoms with Gasteiger partial charge in [-0.05, 0) is 23.6 Å². The first-order valence-electron chi connectivity index (χ1n) is 8.29. The Bertz CT molecular complexity index is 1010. The highest BCUT2D eigenvalue weighted by molar-refractivity contribution is 5.99. The summed E-state index contributed by atoms with van der Waals surface area (Å²) in [4.78, 5) is 36.3. The first kappa shape index (κ1) is 17.6. The maximum Gasteiger partial charge on any atom is 0.374 e. The van der Waals surface area contributed by atoms with Gasteiger partial charge in [0.15, 0.2) is 17.8 Å². The number of hydrogen-bond donors (Lipinski definition) is 0. The number of ketones is 1. The van der Waals surface area contributed by atoms with Crippen LogP contribution in [0.2, 0.25) is 0 Å². The van der Waals surface area contributed by atoms with Crippen molar-refractivity contribution in [3.8, 4) is 0 Å². The molecule has 3 rings (SSSR count). The van der Waals surface area contributed by atoms with Crippen LogP contribution in [0, 0.1) is 0 Å². The van der Waals surface area contributed by atoms with Gasteiger partial charge >= 0.3 is 5.97 Å². The van der Waals surface area contributed by atoms with Crippen molar-refractivity contribution in [2.45, 2.75) is 19.8 Å². The second-order valence-electron chi connectivity index (χ2n) is 6.25. The second-order valence-corrected chi connectivity index (χ2v) is 6.25. The number of carbonyl (C=O) groups is 2. The molecule has 0 saturated heterocycles. The number of hydrogen-bond acceptors (Lipinski definition) is 5. The van der Waals surface area contributed by atoms with Crippen LogP contribution in [0.4, 0.5) is 0 Å². The predicted molar refractivity (Wildman–Crippen MR) is 97.6 cm³/mol. The first-order chi connectivity index (χ1) is 12.5. The van der Waals surface area contributed by atoms with Gasteiger partial charge in [0.25, 0.3) is 0 Å². The van der Waals surface area contributed by atoms with Crippen LogP contribution in [-0.4, -0.2) is 18.4 Å². The minimum Gasteiger partial charge on any atom is -0.451 e. The third-order valence-electron chi connectivity index (χ3n) is 4.07. The molecule has 0 unspecified atom stereocenters. The lowest BCUT2D eigenvalue weighted by Crippen LogP contribution is -2.16. The zero-order valence-corrected chi connectivity index (χ0v) is 14.5. The average Bonchev–Trinajstić information content (AvgIpc) is 2.65. The number of rotatable bonds is 5. The van der Waals surface area contributed by atoms with E-state index in [0.717, 1.165) is 11.6 Å². The molecule has 0 spiro atoms. The van der Waals surface area contributed by atoms with E-state index in [1.807, 2.05) is 12.1 Å². The third-order valence-corrected chi connectivity index (χ3v) is 4.07. The molecule has 1 heterocycles. The van der Waals surface area contributed by atoms with Crippen LogP contribution in [0.15, 0.2) is 63.8 Å². The standard InChI is InChI=1S/C21H18O5/c1-13(2)14-7-9-15(10-8-14)18(23)12-25-21(24)20-11-17(22)16-5-3-4-6-19(16)26-20/h3-11,13H,12H2,1-2H3. The zero-order chi connectivity index (χ0) is 18.7. The summed E-state index contributed by atoms with van der Waals surface area (Å²) < 4.78 is 10.4. The van der Waals surface area contributed by atoms with Crippen LogP contribution in [0.5, 0.6) is 0 Å². The van der Waals surface area contributed by atoms with Crippen molar-refractivity contribution >= 4 is 22.7 Å². The van der Waals surface area contributed by atoms with Crippen molar-refractivity contribution in [2.24, 2.45) is 0 Å². The molecule has 3 aromatic rings. The maximum absolute atomic E-state index is 12.2. The van der Waals surface area contributed by atoms with E-state index in [9.17, 15) is 14.4 Å². The Morgan fingerprint density at radius 2 is 1.73 bits per heavy atom. The van der Waals surface area contributed by atoms with Crippen molar-refractivity contribution in [1.29, 1.82) is 0 Å². The van der Waals surface area contributed by atoms with Crippen LogP contribution < -0.4 is 5.43 Å². The van der Waals surface area contributed by atoms with Crippen LogP contribution in [0.25, 0.3) is 11.0 Å².